The van der Waals surface area contributed by atoms with Crippen LogP contribution >= 0.6 is 0 Å². The van der Waals surface area contributed by atoms with Gasteiger partial charge in [0.25, 0.3) is 0 Å². The Labute approximate surface area is 89.7 Å². The van der Waals surface area contributed by atoms with Crippen LogP contribution in [0, 0.1) is 0 Å². The average Bonchev–Trinajstić information content (AvgIpc) is 2.29. The van der Waals surface area contributed by atoms with Crippen LogP contribution in [0.15, 0.2) is 35.5 Å². The van der Waals surface area contributed by atoms with Crippen molar-refractivity contribution in [1.29, 1.82) is 0 Å². The van der Waals surface area contributed by atoms with Crippen LogP contribution in [0.2, 0.25) is 0 Å². The van der Waals surface area contributed by atoms with Crippen molar-refractivity contribution in [3.05, 3.63) is 35.9 Å². The number of rotatable bonds is 7. The molecule has 1 rings (SSSR count). The quantitative estimate of drug-likeness (QED) is 0.297. The van der Waals surface area contributed by atoms with Gasteiger partial charge in [0.1, 0.15) is 12.9 Å². The van der Waals surface area contributed by atoms with Crippen molar-refractivity contribution in [1.82, 2.24) is 0 Å². The lowest BCUT2D eigenvalue weighted by molar-refractivity contribution is -0.107. The molecule has 3 heteroatoms. The second-order valence-electron chi connectivity index (χ2n) is 3.14. The molecular weight excluding hydrogens is 190 g/mol. The lowest BCUT2D eigenvalue weighted by atomic mass is 10.2. The Bertz CT molecular complexity index is 296. The lowest BCUT2D eigenvalue weighted by Gasteiger charge is -1.98. The number of carbonyl (C=O) groups is 1. The molecular formula is C12H15NO2. The normalized spacial score (nSPS) is 10.4. The SMILES string of the molecule is O=CCCC/C=N/OCc1ccccc1. The molecule has 0 atom stereocenters. The zero-order valence-electron chi connectivity index (χ0n) is 8.63. The molecule has 1 aromatic carbocycles. The molecule has 3 nitrogen and oxygen atoms in total. The molecule has 0 saturated carbocycles. The Morgan fingerprint density at radius 1 is 1.20 bits per heavy atom. The molecule has 15 heavy (non-hydrogen) atoms. The van der Waals surface area contributed by atoms with Gasteiger partial charge in [-0.2, -0.15) is 0 Å². The van der Waals surface area contributed by atoms with Crippen LogP contribution in [0.1, 0.15) is 24.8 Å². The van der Waals surface area contributed by atoms with Gasteiger partial charge in [0.2, 0.25) is 0 Å². The van der Waals surface area contributed by atoms with E-state index in [0.717, 1.165) is 24.7 Å². The largest absolute Gasteiger partial charge is 0.391 e. The summed E-state index contributed by atoms with van der Waals surface area (Å²) in [6, 6.07) is 9.87. The predicted molar refractivity (Wildman–Crippen MR) is 59.6 cm³/mol. The van der Waals surface area contributed by atoms with Gasteiger partial charge in [0.05, 0.1) is 0 Å². The first-order valence-corrected chi connectivity index (χ1v) is 5.05. The van der Waals surface area contributed by atoms with Gasteiger partial charge < -0.3 is 9.63 Å². The third-order valence-corrected chi connectivity index (χ3v) is 1.88. The summed E-state index contributed by atoms with van der Waals surface area (Å²) in [5, 5.41) is 3.80. The van der Waals surface area contributed by atoms with Gasteiger partial charge >= 0.3 is 0 Å². The van der Waals surface area contributed by atoms with E-state index in [-0.39, 0.29) is 0 Å². The first-order valence-electron chi connectivity index (χ1n) is 5.05. The maximum atomic E-state index is 10.0. The van der Waals surface area contributed by atoms with Gasteiger partial charge in [-0.1, -0.05) is 35.5 Å². The molecule has 0 aliphatic heterocycles. The molecule has 1 aromatic rings. The fourth-order valence-electron chi connectivity index (χ4n) is 1.08. The molecule has 0 radical (unpaired) electrons. The van der Waals surface area contributed by atoms with Crippen LogP contribution in [-0.4, -0.2) is 12.5 Å². The Hall–Kier alpha value is -1.64. The Kier molecular flexibility index (Phi) is 5.90. The van der Waals surface area contributed by atoms with Crippen molar-refractivity contribution >= 4 is 12.5 Å². The monoisotopic (exact) mass is 205 g/mol. The van der Waals surface area contributed by atoms with Crippen LogP contribution in [-0.2, 0) is 16.2 Å². The first-order chi connectivity index (χ1) is 7.43. The van der Waals surface area contributed by atoms with Crippen molar-refractivity contribution in [2.45, 2.75) is 25.9 Å². The van der Waals surface area contributed by atoms with Crippen LogP contribution in [0.3, 0.4) is 0 Å². The molecule has 0 amide bonds. The highest BCUT2D eigenvalue weighted by Crippen LogP contribution is 2.00. The second-order valence-corrected chi connectivity index (χ2v) is 3.14. The van der Waals surface area contributed by atoms with E-state index in [9.17, 15) is 4.79 Å². The van der Waals surface area contributed by atoms with Gasteiger partial charge in [-0.3, -0.25) is 0 Å². The Morgan fingerprint density at radius 2 is 2.00 bits per heavy atom. The maximum Gasteiger partial charge on any atom is 0.142 e. The second kappa shape index (κ2) is 7.74. The van der Waals surface area contributed by atoms with Gasteiger partial charge in [0.15, 0.2) is 0 Å². The summed E-state index contributed by atoms with van der Waals surface area (Å²) in [6.45, 7) is 0.491. The fraction of sp³-hybridized carbons (Fsp3) is 0.333. The van der Waals surface area contributed by atoms with Crippen molar-refractivity contribution in [3.63, 3.8) is 0 Å². The van der Waals surface area contributed by atoms with Gasteiger partial charge in [-0.05, 0) is 18.4 Å². The van der Waals surface area contributed by atoms with Crippen molar-refractivity contribution < 1.29 is 9.63 Å². The summed E-state index contributed by atoms with van der Waals surface area (Å²) < 4.78 is 0. The van der Waals surface area contributed by atoms with Gasteiger partial charge in [-0.25, -0.2) is 0 Å². The molecule has 0 aliphatic carbocycles. The standard InChI is InChI=1S/C12H15NO2/c14-10-6-2-5-9-13-15-11-12-7-3-1-4-8-12/h1,3-4,7-10H,2,5-6,11H2/b13-9+. The summed E-state index contributed by atoms with van der Waals surface area (Å²) in [4.78, 5) is 15.1. The lowest BCUT2D eigenvalue weighted by Crippen LogP contribution is -1.87. The van der Waals surface area contributed by atoms with E-state index in [2.05, 4.69) is 5.16 Å². The summed E-state index contributed by atoms with van der Waals surface area (Å²) in [5.74, 6) is 0. The number of aldehydes is 1. The Morgan fingerprint density at radius 3 is 2.73 bits per heavy atom. The topological polar surface area (TPSA) is 38.7 Å². The van der Waals surface area contributed by atoms with Crippen LogP contribution < -0.4 is 0 Å². The summed E-state index contributed by atoms with van der Waals surface area (Å²) in [7, 11) is 0. The van der Waals surface area contributed by atoms with E-state index in [1.54, 1.807) is 6.21 Å². The molecule has 0 N–H and O–H groups in total. The van der Waals surface area contributed by atoms with E-state index >= 15 is 0 Å². The zero-order chi connectivity index (χ0) is 10.8. The number of hydrogen-bond donors (Lipinski definition) is 0. The van der Waals surface area contributed by atoms with Gasteiger partial charge in [0, 0.05) is 12.6 Å². The van der Waals surface area contributed by atoms with E-state index in [4.69, 9.17) is 4.84 Å². The first kappa shape index (κ1) is 11.4. The number of nitrogens with zero attached hydrogens (tertiary/aromatic N) is 1. The van der Waals surface area contributed by atoms with E-state index in [1.807, 2.05) is 30.3 Å². The van der Waals surface area contributed by atoms with E-state index in [0.29, 0.717) is 13.0 Å². The zero-order valence-corrected chi connectivity index (χ0v) is 8.63. The number of unbranched alkanes of at least 4 members (excludes halogenated alkanes) is 2. The summed E-state index contributed by atoms with van der Waals surface area (Å²) in [5.41, 5.74) is 1.10. The third-order valence-electron chi connectivity index (χ3n) is 1.88. The minimum Gasteiger partial charge on any atom is -0.391 e. The number of hydrogen-bond acceptors (Lipinski definition) is 3. The highest BCUT2D eigenvalue weighted by Gasteiger charge is 1.88. The van der Waals surface area contributed by atoms with E-state index in [1.165, 1.54) is 0 Å². The van der Waals surface area contributed by atoms with Crippen molar-refractivity contribution in [2.75, 3.05) is 0 Å². The molecule has 0 fully saturated rings. The minimum atomic E-state index is 0.491. The van der Waals surface area contributed by atoms with Gasteiger partial charge in [-0.15, -0.1) is 0 Å². The van der Waals surface area contributed by atoms with Crippen LogP contribution in [0.5, 0.6) is 0 Å². The molecule has 0 aromatic heterocycles. The molecule has 0 aliphatic rings. The molecule has 80 valence electrons. The molecule has 0 saturated heterocycles. The van der Waals surface area contributed by atoms with Crippen LogP contribution in [0.25, 0.3) is 0 Å². The fourth-order valence-corrected chi connectivity index (χ4v) is 1.08. The number of carbonyl (C=O) groups excluding carboxylic acids is 1. The highest BCUT2D eigenvalue weighted by molar-refractivity contribution is 5.57. The number of benzene rings is 1. The maximum absolute atomic E-state index is 10.0. The van der Waals surface area contributed by atoms with Crippen LogP contribution in [0.4, 0.5) is 0 Å². The number of oxime groups is 1. The minimum absolute atomic E-state index is 0.491. The van der Waals surface area contributed by atoms with E-state index < -0.39 is 0 Å². The summed E-state index contributed by atoms with van der Waals surface area (Å²) >= 11 is 0. The third kappa shape index (κ3) is 5.62. The predicted octanol–water partition coefficient (Wildman–Crippen LogP) is 2.56. The highest BCUT2D eigenvalue weighted by atomic mass is 16.6. The molecule has 0 heterocycles. The van der Waals surface area contributed by atoms with Crippen molar-refractivity contribution in [2.24, 2.45) is 5.16 Å². The molecule has 0 bridgehead atoms. The average molecular weight is 205 g/mol. The molecule has 0 spiro atoms. The van der Waals surface area contributed by atoms with Crippen molar-refractivity contribution in [3.8, 4) is 0 Å². The molecule has 0 unspecified atom stereocenters. The summed E-state index contributed by atoms with van der Waals surface area (Å²) in [6.07, 6.45) is 4.82. The Balaban J connectivity index is 2.08. The smallest absolute Gasteiger partial charge is 0.142 e.